The number of hydrogen-bond acceptors (Lipinski definition) is 2. The first kappa shape index (κ1) is 20.6. The van der Waals surface area contributed by atoms with E-state index in [9.17, 15) is 27.2 Å². The van der Waals surface area contributed by atoms with E-state index in [0.29, 0.717) is 18.1 Å². The molecule has 0 radical (unpaired) electrons. The van der Waals surface area contributed by atoms with E-state index in [1.807, 2.05) is 12.2 Å². The number of allylic oxidation sites excluding steroid dienone is 4. The number of aromatic nitrogens is 1. The van der Waals surface area contributed by atoms with Gasteiger partial charge in [0.2, 0.25) is 0 Å². The first-order valence-electron chi connectivity index (χ1n) is 8.93. The molecule has 1 heterocycles. The number of alkyl halides is 3. The summed E-state index contributed by atoms with van der Waals surface area (Å²) >= 11 is 0. The predicted octanol–water partition coefficient (Wildman–Crippen LogP) is 4.76. The summed E-state index contributed by atoms with van der Waals surface area (Å²) in [7, 11) is 0. The summed E-state index contributed by atoms with van der Waals surface area (Å²) < 4.78 is 53.0. The van der Waals surface area contributed by atoms with Gasteiger partial charge in [-0.1, -0.05) is 30.4 Å². The van der Waals surface area contributed by atoms with E-state index in [4.69, 9.17) is 0 Å². The summed E-state index contributed by atoms with van der Waals surface area (Å²) in [6.45, 7) is 1.39. The van der Waals surface area contributed by atoms with E-state index in [-0.39, 0.29) is 16.7 Å². The van der Waals surface area contributed by atoms with Crippen molar-refractivity contribution >= 4 is 11.5 Å². The van der Waals surface area contributed by atoms with Crippen LogP contribution in [-0.2, 0) is 6.18 Å². The summed E-state index contributed by atoms with van der Waals surface area (Å²) in [5.74, 6) is -2.06. The molecule has 2 aromatic rings. The Morgan fingerprint density at radius 3 is 2.69 bits per heavy atom. The molecule has 0 saturated carbocycles. The maximum absolute atomic E-state index is 14.3. The highest BCUT2D eigenvalue weighted by molar-refractivity contribution is 5.95. The molecule has 0 fully saturated rings. The van der Waals surface area contributed by atoms with Crippen LogP contribution < -0.4 is 10.9 Å². The number of pyridine rings is 1. The molecule has 1 amide bonds. The largest absolute Gasteiger partial charge is 0.419 e. The van der Waals surface area contributed by atoms with Gasteiger partial charge >= 0.3 is 6.18 Å². The van der Waals surface area contributed by atoms with E-state index < -0.39 is 29.5 Å². The summed E-state index contributed by atoms with van der Waals surface area (Å²) in [4.78, 5) is 27.2. The predicted molar refractivity (Wildman–Crippen MR) is 101 cm³/mol. The van der Waals surface area contributed by atoms with E-state index >= 15 is 0 Å². The lowest BCUT2D eigenvalue weighted by atomic mass is 9.97. The van der Waals surface area contributed by atoms with Gasteiger partial charge in [-0.15, -0.1) is 0 Å². The number of H-pyrrole nitrogens is 1. The van der Waals surface area contributed by atoms with E-state index in [1.165, 1.54) is 25.3 Å². The van der Waals surface area contributed by atoms with Gasteiger partial charge in [0.15, 0.2) is 0 Å². The fourth-order valence-electron chi connectivity index (χ4n) is 3.14. The number of halogens is 4. The van der Waals surface area contributed by atoms with Crippen molar-refractivity contribution in [2.75, 3.05) is 0 Å². The zero-order valence-electron chi connectivity index (χ0n) is 15.4. The molecule has 0 unspecified atom stereocenters. The fourth-order valence-corrected chi connectivity index (χ4v) is 3.14. The quantitative estimate of drug-likeness (QED) is 0.720. The topological polar surface area (TPSA) is 62.0 Å². The number of carbonyl (C=O) groups excluding carboxylic acids is 1. The summed E-state index contributed by atoms with van der Waals surface area (Å²) in [5.41, 5.74) is -0.771. The summed E-state index contributed by atoms with van der Waals surface area (Å²) in [6, 6.07) is 3.33. The number of amides is 1. The molecular formula is C21H18F4N2O2. The van der Waals surface area contributed by atoms with Gasteiger partial charge < -0.3 is 10.3 Å². The van der Waals surface area contributed by atoms with Gasteiger partial charge in [0.25, 0.3) is 11.5 Å². The number of rotatable bonds is 4. The number of hydrogen-bond donors (Lipinski definition) is 2. The minimum Gasteiger partial charge on any atom is -0.345 e. The van der Waals surface area contributed by atoms with Crippen molar-refractivity contribution in [3.05, 3.63) is 87.1 Å². The maximum Gasteiger partial charge on any atom is 0.419 e. The van der Waals surface area contributed by atoms with E-state index in [2.05, 4.69) is 10.3 Å². The van der Waals surface area contributed by atoms with Crippen LogP contribution in [0.25, 0.3) is 5.57 Å². The van der Waals surface area contributed by atoms with Crippen LogP contribution in [0.5, 0.6) is 0 Å². The molecule has 29 heavy (non-hydrogen) atoms. The van der Waals surface area contributed by atoms with Gasteiger partial charge in [-0.2, -0.15) is 13.2 Å². The van der Waals surface area contributed by atoms with Crippen molar-refractivity contribution in [1.29, 1.82) is 0 Å². The Morgan fingerprint density at radius 1 is 1.28 bits per heavy atom. The van der Waals surface area contributed by atoms with Crippen molar-refractivity contribution < 1.29 is 22.4 Å². The van der Waals surface area contributed by atoms with Gasteiger partial charge in [0.05, 0.1) is 17.2 Å². The fraction of sp³-hybridized carbons (Fsp3) is 0.238. The van der Waals surface area contributed by atoms with Crippen molar-refractivity contribution in [2.45, 2.75) is 32.0 Å². The van der Waals surface area contributed by atoms with Crippen LogP contribution in [0.15, 0.2) is 53.5 Å². The van der Waals surface area contributed by atoms with E-state index in [1.54, 1.807) is 6.08 Å². The second-order valence-corrected chi connectivity index (χ2v) is 6.69. The monoisotopic (exact) mass is 406 g/mol. The number of aromatic amines is 1. The number of carbonyl (C=O) groups is 1. The Morgan fingerprint density at radius 2 is 2.03 bits per heavy atom. The van der Waals surface area contributed by atoms with Crippen molar-refractivity contribution in [3.63, 3.8) is 0 Å². The summed E-state index contributed by atoms with van der Waals surface area (Å²) in [5, 5.41) is 2.48. The molecule has 1 aliphatic carbocycles. The van der Waals surface area contributed by atoms with Gasteiger partial charge in [0.1, 0.15) is 5.82 Å². The van der Waals surface area contributed by atoms with Crippen LogP contribution in [0, 0.1) is 5.82 Å². The SMILES string of the molecule is C[C@@H](NC(=O)c1c[nH]c(=O)c(C2=CC=CCC2)c1)c1cccc(C(F)(F)F)c1F. The van der Waals surface area contributed by atoms with Gasteiger partial charge in [-0.05, 0) is 37.5 Å². The molecule has 0 bridgehead atoms. The van der Waals surface area contributed by atoms with Crippen LogP contribution in [0.1, 0.15) is 52.9 Å². The molecule has 8 heteroatoms. The standard InChI is InChI=1S/C21H18F4N2O2/c1-12(15-8-5-9-17(18(15)22)21(23,24)25)27-19(28)14-10-16(20(29)26-11-14)13-6-3-2-4-7-13/h2-3,5-6,8-12H,4,7H2,1H3,(H,26,29)(H,27,28)/t12-/m1/s1. The highest BCUT2D eigenvalue weighted by Crippen LogP contribution is 2.34. The summed E-state index contributed by atoms with van der Waals surface area (Å²) in [6.07, 6.45) is 3.37. The Bertz CT molecular complexity index is 1050. The lowest BCUT2D eigenvalue weighted by Crippen LogP contribution is -2.29. The molecule has 2 N–H and O–H groups in total. The zero-order valence-corrected chi connectivity index (χ0v) is 15.4. The minimum absolute atomic E-state index is 0.120. The van der Waals surface area contributed by atoms with Gasteiger partial charge in [-0.3, -0.25) is 9.59 Å². The molecular weight excluding hydrogens is 388 g/mol. The third-order valence-corrected chi connectivity index (χ3v) is 4.67. The Labute approximate surface area is 164 Å². The van der Waals surface area contributed by atoms with Crippen LogP contribution in [0.4, 0.5) is 17.6 Å². The Hall–Kier alpha value is -3.16. The highest BCUT2D eigenvalue weighted by Gasteiger charge is 2.35. The average molecular weight is 406 g/mol. The van der Waals surface area contributed by atoms with Crippen LogP contribution in [0.3, 0.4) is 0 Å². The Kier molecular flexibility index (Phi) is 5.72. The lowest BCUT2D eigenvalue weighted by Gasteiger charge is -2.18. The first-order chi connectivity index (χ1) is 13.7. The van der Waals surface area contributed by atoms with E-state index in [0.717, 1.165) is 18.1 Å². The highest BCUT2D eigenvalue weighted by atomic mass is 19.4. The molecule has 4 nitrogen and oxygen atoms in total. The molecule has 152 valence electrons. The molecule has 0 saturated heterocycles. The second-order valence-electron chi connectivity index (χ2n) is 6.69. The molecule has 0 aliphatic heterocycles. The number of benzene rings is 1. The maximum atomic E-state index is 14.3. The lowest BCUT2D eigenvalue weighted by molar-refractivity contribution is -0.140. The minimum atomic E-state index is -4.83. The normalized spacial score (nSPS) is 15.0. The van der Waals surface area contributed by atoms with Crippen LogP contribution >= 0.6 is 0 Å². The molecule has 1 aromatic carbocycles. The average Bonchev–Trinajstić information content (AvgIpc) is 2.68. The van der Waals surface area contributed by atoms with Crippen LogP contribution in [-0.4, -0.2) is 10.9 Å². The van der Waals surface area contributed by atoms with Gasteiger partial charge in [-0.25, -0.2) is 4.39 Å². The van der Waals surface area contributed by atoms with Crippen LogP contribution in [0.2, 0.25) is 0 Å². The smallest absolute Gasteiger partial charge is 0.345 e. The molecule has 1 aliphatic rings. The van der Waals surface area contributed by atoms with Gasteiger partial charge in [0, 0.05) is 17.3 Å². The third kappa shape index (κ3) is 4.47. The second kappa shape index (κ2) is 8.06. The first-order valence-corrected chi connectivity index (χ1v) is 8.93. The van der Waals surface area contributed by atoms with Crippen molar-refractivity contribution in [1.82, 2.24) is 10.3 Å². The molecule has 0 spiro atoms. The Balaban J connectivity index is 1.85. The van der Waals surface area contributed by atoms with Crippen molar-refractivity contribution in [3.8, 4) is 0 Å². The molecule has 1 atom stereocenters. The third-order valence-electron chi connectivity index (χ3n) is 4.67. The number of nitrogens with one attached hydrogen (secondary N) is 2. The molecule has 3 rings (SSSR count). The zero-order chi connectivity index (χ0) is 21.2. The molecule has 1 aromatic heterocycles. The van der Waals surface area contributed by atoms with Crippen molar-refractivity contribution in [2.24, 2.45) is 0 Å².